The summed E-state index contributed by atoms with van der Waals surface area (Å²) in [5.41, 5.74) is 7.49. The smallest absolute Gasteiger partial charge is 0.123 e. The van der Waals surface area contributed by atoms with Crippen LogP contribution in [-0.4, -0.2) is 4.98 Å². The molecule has 0 amide bonds. The summed E-state index contributed by atoms with van der Waals surface area (Å²) in [4.78, 5) is 3.94. The number of pyridine rings is 1. The average Bonchev–Trinajstić information content (AvgIpc) is 2.32. The minimum Gasteiger partial charge on any atom is -0.321 e. The summed E-state index contributed by atoms with van der Waals surface area (Å²) in [5, 5.41) is 0.594. The van der Waals surface area contributed by atoms with Crippen LogP contribution in [0.1, 0.15) is 18.1 Å². The maximum atomic E-state index is 12.9. The highest BCUT2D eigenvalue weighted by Gasteiger charge is 2.22. The van der Waals surface area contributed by atoms with Crippen LogP contribution in [0, 0.1) is 5.82 Å². The zero-order valence-electron chi connectivity index (χ0n) is 10.0. The molecule has 0 spiro atoms. The Morgan fingerprint density at radius 1 is 1.28 bits per heavy atom. The Bertz CT molecular complexity index is 538. The van der Waals surface area contributed by atoms with Gasteiger partial charge < -0.3 is 5.73 Å². The van der Waals surface area contributed by atoms with E-state index in [1.165, 1.54) is 12.1 Å². The van der Waals surface area contributed by atoms with Crippen molar-refractivity contribution >= 4 is 11.6 Å². The molecule has 2 nitrogen and oxygen atoms in total. The Labute approximate surface area is 111 Å². The predicted molar refractivity (Wildman–Crippen MR) is 70.9 cm³/mol. The zero-order chi connectivity index (χ0) is 13.2. The first-order chi connectivity index (χ1) is 8.49. The third kappa shape index (κ3) is 2.86. The highest BCUT2D eigenvalue weighted by molar-refractivity contribution is 6.31. The molecule has 1 unspecified atom stereocenters. The summed E-state index contributed by atoms with van der Waals surface area (Å²) >= 11 is 6.06. The molecule has 2 rings (SSSR count). The van der Waals surface area contributed by atoms with Gasteiger partial charge in [-0.2, -0.15) is 0 Å². The SMILES string of the molecule is CC(N)(Cc1ccncc1Cl)c1ccc(F)cc1. The molecule has 0 aliphatic carbocycles. The second kappa shape index (κ2) is 5.04. The molecule has 2 N–H and O–H groups in total. The number of nitrogens with two attached hydrogens (primary N) is 1. The molecule has 0 aliphatic rings. The second-order valence-electron chi connectivity index (χ2n) is 4.57. The number of rotatable bonds is 3. The summed E-state index contributed by atoms with van der Waals surface area (Å²) in [7, 11) is 0. The van der Waals surface area contributed by atoms with Gasteiger partial charge in [-0.25, -0.2) is 4.39 Å². The minimum atomic E-state index is -0.599. The summed E-state index contributed by atoms with van der Waals surface area (Å²) in [6.45, 7) is 1.90. The molecule has 1 aromatic carbocycles. The molecular weight excluding hydrogens is 251 g/mol. The van der Waals surface area contributed by atoms with Crippen LogP contribution >= 0.6 is 11.6 Å². The minimum absolute atomic E-state index is 0.267. The number of aromatic nitrogens is 1. The van der Waals surface area contributed by atoms with E-state index in [2.05, 4.69) is 4.98 Å². The quantitative estimate of drug-likeness (QED) is 0.924. The molecule has 0 radical (unpaired) electrons. The maximum Gasteiger partial charge on any atom is 0.123 e. The number of hydrogen-bond donors (Lipinski definition) is 1. The molecule has 0 bridgehead atoms. The van der Waals surface area contributed by atoms with Crippen LogP contribution in [0.2, 0.25) is 5.02 Å². The van der Waals surface area contributed by atoms with Crippen LogP contribution in [0.25, 0.3) is 0 Å². The summed E-state index contributed by atoms with van der Waals surface area (Å²) in [6, 6.07) is 8.06. The molecule has 0 aliphatic heterocycles. The number of halogens is 2. The molecular formula is C14H14ClFN2. The highest BCUT2D eigenvalue weighted by Crippen LogP contribution is 2.26. The van der Waals surface area contributed by atoms with Crippen LogP contribution in [0.3, 0.4) is 0 Å². The number of hydrogen-bond acceptors (Lipinski definition) is 2. The van der Waals surface area contributed by atoms with Crippen LogP contribution in [0.5, 0.6) is 0 Å². The standard InChI is InChI=1S/C14H14ClFN2/c1-14(17,11-2-4-12(16)5-3-11)8-10-6-7-18-9-13(10)15/h2-7,9H,8,17H2,1H3. The largest absolute Gasteiger partial charge is 0.321 e. The highest BCUT2D eigenvalue weighted by atomic mass is 35.5. The Balaban J connectivity index is 2.27. The van der Waals surface area contributed by atoms with Crippen LogP contribution in [-0.2, 0) is 12.0 Å². The molecule has 94 valence electrons. The summed E-state index contributed by atoms with van der Waals surface area (Å²) < 4.78 is 12.9. The fraction of sp³-hybridized carbons (Fsp3) is 0.214. The normalized spacial score (nSPS) is 14.2. The van der Waals surface area contributed by atoms with E-state index in [-0.39, 0.29) is 5.82 Å². The summed E-state index contributed by atoms with van der Waals surface area (Å²) in [5.74, 6) is -0.267. The number of nitrogens with zero attached hydrogens (tertiary/aromatic N) is 1. The van der Waals surface area contributed by atoms with Gasteiger partial charge in [-0.3, -0.25) is 4.98 Å². The van der Waals surface area contributed by atoms with Crippen molar-refractivity contribution in [3.05, 3.63) is 64.7 Å². The van der Waals surface area contributed by atoms with Crippen LogP contribution < -0.4 is 5.73 Å². The van der Waals surface area contributed by atoms with Crippen molar-refractivity contribution in [3.8, 4) is 0 Å². The first kappa shape index (κ1) is 13.0. The van der Waals surface area contributed by atoms with E-state index in [1.807, 2.05) is 13.0 Å². The van der Waals surface area contributed by atoms with Gasteiger partial charge >= 0.3 is 0 Å². The van der Waals surface area contributed by atoms with E-state index < -0.39 is 5.54 Å². The van der Waals surface area contributed by atoms with Gasteiger partial charge in [0.15, 0.2) is 0 Å². The van der Waals surface area contributed by atoms with Gasteiger partial charge in [0.2, 0.25) is 0 Å². The molecule has 1 aromatic heterocycles. The van der Waals surface area contributed by atoms with E-state index in [9.17, 15) is 4.39 Å². The molecule has 4 heteroatoms. The monoisotopic (exact) mass is 264 g/mol. The van der Waals surface area contributed by atoms with Crippen molar-refractivity contribution in [2.45, 2.75) is 18.9 Å². The Morgan fingerprint density at radius 2 is 1.94 bits per heavy atom. The fourth-order valence-electron chi connectivity index (χ4n) is 1.88. The van der Waals surface area contributed by atoms with E-state index in [1.54, 1.807) is 24.5 Å². The maximum absolute atomic E-state index is 12.9. The van der Waals surface area contributed by atoms with Gasteiger partial charge in [-0.15, -0.1) is 0 Å². The second-order valence-corrected chi connectivity index (χ2v) is 4.98. The molecule has 0 saturated carbocycles. The zero-order valence-corrected chi connectivity index (χ0v) is 10.8. The lowest BCUT2D eigenvalue weighted by molar-refractivity contribution is 0.489. The van der Waals surface area contributed by atoms with Gasteiger partial charge in [0, 0.05) is 17.9 Å². The third-order valence-electron chi connectivity index (χ3n) is 2.92. The van der Waals surface area contributed by atoms with E-state index in [4.69, 9.17) is 17.3 Å². The van der Waals surface area contributed by atoms with Crippen molar-refractivity contribution < 1.29 is 4.39 Å². The molecule has 2 aromatic rings. The van der Waals surface area contributed by atoms with E-state index in [0.29, 0.717) is 11.4 Å². The fourth-order valence-corrected chi connectivity index (χ4v) is 2.06. The average molecular weight is 265 g/mol. The molecule has 0 saturated heterocycles. The lowest BCUT2D eigenvalue weighted by atomic mass is 9.87. The van der Waals surface area contributed by atoms with Crippen LogP contribution in [0.15, 0.2) is 42.7 Å². The molecule has 0 fully saturated rings. The molecule has 1 heterocycles. The van der Waals surface area contributed by atoms with Crippen molar-refractivity contribution in [2.75, 3.05) is 0 Å². The van der Waals surface area contributed by atoms with Gasteiger partial charge in [0.25, 0.3) is 0 Å². The lowest BCUT2D eigenvalue weighted by Gasteiger charge is -2.25. The van der Waals surface area contributed by atoms with Gasteiger partial charge in [-0.1, -0.05) is 23.7 Å². The first-order valence-corrected chi connectivity index (χ1v) is 6.00. The van der Waals surface area contributed by atoms with Crippen molar-refractivity contribution in [1.82, 2.24) is 4.98 Å². The van der Waals surface area contributed by atoms with Crippen LogP contribution in [0.4, 0.5) is 4.39 Å². The van der Waals surface area contributed by atoms with Crippen molar-refractivity contribution in [2.24, 2.45) is 5.73 Å². The van der Waals surface area contributed by atoms with E-state index in [0.717, 1.165) is 11.1 Å². The van der Waals surface area contributed by atoms with E-state index >= 15 is 0 Å². The topological polar surface area (TPSA) is 38.9 Å². The van der Waals surface area contributed by atoms with Crippen molar-refractivity contribution in [3.63, 3.8) is 0 Å². The van der Waals surface area contributed by atoms with Crippen molar-refractivity contribution in [1.29, 1.82) is 0 Å². The summed E-state index contributed by atoms with van der Waals surface area (Å²) in [6.07, 6.45) is 3.85. The van der Waals surface area contributed by atoms with Gasteiger partial charge in [-0.05, 0) is 42.7 Å². The Kier molecular flexibility index (Phi) is 3.64. The van der Waals surface area contributed by atoms with Gasteiger partial charge in [0.1, 0.15) is 5.82 Å². The lowest BCUT2D eigenvalue weighted by Crippen LogP contribution is -2.35. The Morgan fingerprint density at radius 3 is 2.56 bits per heavy atom. The number of benzene rings is 1. The predicted octanol–water partition coefficient (Wildman–Crippen LogP) is 3.29. The third-order valence-corrected chi connectivity index (χ3v) is 3.26. The Hall–Kier alpha value is -1.45. The van der Waals surface area contributed by atoms with Gasteiger partial charge in [0.05, 0.1) is 5.02 Å². The molecule has 1 atom stereocenters. The molecule has 18 heavy (non-hydrogen) atoms. The first-order valence-electron chi connectivity index (χ1n) is 5.62.